The molecular formula is C37H36FN5S3. The number of aromatic nitrogens is 4. The van der Waals surface area contributed by atoms with Crippen molar-refractivity contribution in [2.45, 2.75) is 53.4 Å². The zero-order valence-electron chi connectivity index (χ0n) is 26.9. The molecule has 4 heterocycles. The van der Waals surface area contributed by atoms with Crippen LogP contribution in [0.3, 0.4) is 0 Å². The quantitative estimate of drug-likeness (QED) is 0.154. The summed E-state index contributed by atoms with van der Waals surface area (Å²) in [4.78, 5) is 13.9. The summed E-state index contributed by atoms with van der Waals surface area (Å²) >= 11 is 4.78. The van der Waals surface area contributed by atoms with E-state index in [1.807, 2.05) is 18.2 Å². The average Bonchev–Trinajstić information content (AvgIpc) is 3.78. The van der Waals surface area contributed by atoms with Crippen molar-refractivity contribution in [2.75, 3.05) is 19.0 Å². The molecule has 0 saturated heterocycles. The molecule has 0 unspecified atom stereocenters. The van der Waals surface area contributed by atoms with Gasteiger partial charge in [-0.3, -0.25) is 0 Å². The molecule has 9 heteroatoms. The number of nitrogens with zero attached hydrogens (tertiary/aromatic N) is 5. The Balaban J connectivity index is 1.38. The van der Waals surface area contributed by atoms with Gasteiger partial charge in [0.1, 0.15) is 22.4 Å². The molecule has 0 aliphatic rings. The molecule has 0 aliphatic heterocycles. The monoisotopic (exact) mass is 665 g/mol. The lowest BCUT2D eigenvalue weighted by atomic mass is 9.94. The molecule has 0 bridgehead atoms. The Morgan fingerprint density at radius 1 is 0.739 bits per heavy atom. The second-order valence-electron chi connectivity index (χ2n) is 12.4. The molecule has 46 heavy (non-hydrogen) atoms. The van der Waals surface area contributed by atoms with Gasteiger partial charge in [0.25, 0.3) is 0 Å². The number of benzene rings is 3. The third kappa shape index (κ3) is 5.48. The average molecular weight is 666 g/mol. The molecule has 7 rings (SSSR count). The third-order valence-corrected chi connectivity index (χ3v) is 11.6. The van der Waals surface area contributed by atoms with Crippen LogP contribution in [0.1, 0.15) is 51.1 Å². The van der Waals surface area contributed by atoms with Crippen molar-refractivity contribution >= 4 is 70.9 Å². The lowest BCUT2D eigenvalue weighted by Gasteiger charge is -2.15. The fourth-order valence-corrected chi connectivity index (χ4v) is 8.97. The van der Waals surface area contributed by atoms with E-state index in [0.717, 1.165) is 91.8 Å². The van der Waals surface area contributed by atoms with Crippen LogP contribution in [0.2, 0.25) is 0 Å². The highest BCUT2D eigenvalue weighted by Crippen LogP contribution is 2.47. The van der Waals surface area contributed by atoms with Crippen molar-refractivity contribution in [3.05, 3.63) is 77.4 Å². The van der Waals surface area contributed by atoms with Crippen molar-refractivity contribution in [1.29, 1.82) is 0 Å². The molecule has 234 valence electrons. The van der Waals surface area contributed by atoms with Gasteiger partial charge in [0.15, 0.2) is 0 Å². The van der Waals surface area contributed by atoms with Crippen molar-refractivity contribution in [3.8, 4) is 32.7 Å². The minimum absolute atomic E-state index is 0.186. The molecule has 0 radical (unpaired) electrons. The standard InChI is InChI=1S/C37H36FN5S3/c1-7-26-27(8-2)40-35-33(30-18-28-29(44-30)19-31(45-28)43(5)6)37-36(41-46-42-37)32(34(35)39-26)23-14-12-22(13-15-23)24-16-11-21(17-25(24)38)10-9-20(3)4/h11-20H,7-10H2,1-6H3. The summed E-state index contributed by atoms with van der Waals surface area (Å²) < 4.78 is 27.5. The predicted octanol–water partition coefficient (Wildman–Crippen LogP) is 10.8. The van der Waals surface area contributed by atoms with Gasteiger partial charge in [-0.25, -0.2) is 14.4 Å². The highest BCUT2D eigenvalue weighted by atomic mass is 32.1. The van der Waals surface area contributed by atoms with E-state index < -0.39 is 0 Å². The van der Waals surface area contributed by atoms with Gasteiger partial charge in [-0.15, -0.1) is 22.7 Å². The summed E-state index contributed by atoms with van der Waals surface area (Å²) in [5, 5.41) is 1.24. The van der Waals surface area contributed by atoms with Gasteiger partial charge in [-0.1, -0.05) is 64.1 Å². The molecule has 0 aliphatic carbocycles. The Morgan fingerprint density at radius 3 is 1.98 bits per heavy atom. The smallest absolute Gasteiger partial charge is 0.131 e. The summed E-state index contributed by atoms with van der Waals surface area (Å²) in [5.74, 6) is 0.402. The number of thiophene rings is 2. The highest BCUT2D eigenvalue weighted by molar-refractivity contribution is 7.31. The topological polar surface area (TPSA) is 54.8 Å². The molecule has 3 aromatic carbocycles. The van der Waals surface area contributed by atoms with E-state index in [9.17, 15) is 0 Å². The Kier molecular flexibility index (Phi) is 8.34. The minimum atomic E-state index is -0.186. The largest absolute Gasteiger partial charge is 0.370 e. The van der Waals surface area contributed by atoms with Gasteiger partial charge in [0.2, 0.25) is 0 Å². The minimum Gasteiger partial charge on any atom is -0.370 e. The van der Waals surface area contributed by atoms with E-state index in [1.165, 1.54) is 26.1 Å². The van der Waals surface area contributed by atoms with Gasteiger partial charge in [-0.05, 0) is 66.5 Å². The number of fused-ring (bicyclic) bond motifs is 3. The van der Waals surface area contributed by atoms with E-state index in [2.05, 4.69) is 77.0 Å². The van der Waals surface area contributed by atoms with Crippen LogP contribution in [0.15, 0.2) is 54.6 Å². The lowest BCUT2D eigenvalue weighted by Crippen LogP contribution is -2.05. The fraction of sp³-hybridized carbons (Fsp3) is 0.297. The van der Waals surface area contributed by atoms with Crippen LogP contribution in [-0.2, 0) is 19.3 Å². The van der Waals surface area contributed by atoms with Crippen LogP contribution < -0.4 is 4.90 Å². The normalized spacial score (nSPS) is 11.9. The van der Waals surface area contributed by atoms with E-state index in [0.29, 0.717) is 11.5 Å². The Bertz CT molecular complexity index is 2180. The van der Waals surface area contributed by atoms with Crippen molar-refractivity contribution < 1.29 is 4.39 Å². The summed E-state index contributed by atoms with van der Waals surface area (Å²) in [5.41, 5.74) is 10.8. The molecular weight excluding hydrogens is 630 g/mol. The molecule has 4 aromatic heterocycles. The van der Waals surface area contributed by atoms with Crippen LogP contribution in [0.4, 0.5) is 9.39 Å². The van der Waals surface area contributed by atoms with Crippen molar-refractivity contribution in [3.63, 3.8) is 0 Å². The van der Waals surface area contributed by atoms with Gasteiger partial charge >= 0.3 is 0 Å². The second kappa shape index (κ2) is 12.4. The number of hydrogen-bond acceptors (Lipinski definition) is 8. The third-order valence-electron chi connectivity index (χ3n) is 8.57. The van der Waals surface area contributed by atoms with Gasteiger partial charge < -0.3 is 4.90 Å². The van der Waals surface area contributed by atoms with Crippen molar-refractivity contribution in [1.82, 2.24) is 18.7 Å². The number of hydrogen-bond donors (Lipinski definition) is 0. The summed E-state index contributed by atoms with van der Waals surface area (Å²) in [6.07, 6.45) is 3.53. The number of rotatable bonds is 9. The zero-order chi connectivity index (χ0) is 32.1. The van der Waals surface area contributed by atoms with Crippen LogP contribution in [0.5, 0.6) is 0 Å². The summed E-state index contributed by atoms with van der Waals surface area (Å²) in [7, 11) is 4.15. The molecule has 0 atom stereocenters. The predicted molar refractivity (Wildman–Crippen MR) is 196 cm³/mol. The molecule has 7 aromatic rings. The van der Waals surface area contributed by atoms with Gasteiger partial charge in [-0.2, -0.15) is 8.75 Å². The Morgan fingerprint density at radius 2 is 1.37 bits per heavy atom. The molecule has 5 nitrogen and oxygen atoms in total. The Hall–Kier alpha value is -3.79. The number of halogens is 1. The first-order chi connectivity index (χ1) is 22.2. The maximum Gasteiger partial charge on any atom is 0.131 e. The highest BCUT2D eigenvalue weighted by Gasteiger charge is 2.25. The zero-order valence-corrected chi connectivity index (χ0v) is 29.4. The molecule has 0 saturated carbocycles. The number of anilines is 1. The number of aryl methyl sites for hydroxylation is 3. The SMILES string of the molecule is CCc1nc2c(-c3ccc(-c4ccc(CCC(C)C)cc4F)cc3)c3nsnc3c(-c3cc4sc(N(C)C)cc4s3)c2nc1CC. The first-order valence-corrected chi connectivity index (χ1v) is 18.2. The summed E-state index contributed by atoms with van der Waals surface area (Å²) in [6.45, 7) is 8.66. The van der Waals surface area contributed by atoms with Gasteiger partial charge in [0.05, 0.1) is 33.6 Å². The van der Waals surface area contributed by atoms with E-state index in [4.69, 9.17) is 18.7 Å². The first-order valence-electron chi connectivity index (χ1n) is 15.8. The van der Waals surface area contributed by atoms with E-state index >= 15 is 4.39 Å². The van der Waals surface area contributed by atoms with Crippen LogP contribution in [-0.4, -0.2) is 32.8 Å². The van der Waals surface area contributed by atoms with Crippen LogP contribution in [0, 0.1) is 11.7 Å². The maximum absolute atomic E-state index is 15.3. The van der Waals surface area contributed by atoms with E-state index in [-0.39, 0.29) is 5.82 Å². The van der Waals surface area contributed by atoms with Crippen molar-refractivity contribution in [2.24, 2.45) is 5.92 Å². The molecule has 0 amide bonds. The molecule has 0 N–H and O–H groups in total. The first kappa shape index (κ1) is 30.8. The maximum atomic E-state index is 15.3. The van der Waals surface area contributed by atoms with E-state index in [1.54, 1.807) is 28.7 Å². The summed E-state index contributed by atoms with van der Waals surface area (Å²) in [6, 6.07) is 18.3. The fourth-order valence-electron chi connectivity index (χ4n) is 6.05. The molecule has 0 fully saturated rings. The van der Waals surface area contributed by atoms with Crippen LogP contribution >= 0.6 is 34.4 Å². The molecule has 0 spiro atoms. The lowest BCUT2D eigenvalue weighted by molar-refractivity contribution is 0.582. The Labute approximate surface area is 281 Å². The second-order valence-corrected chi connectivity index (χ2v) is 15.0. The van der Waals surface area contributed by atoms with Gasteiger partial charge in [0, 0.05) is 45.1 Å². The van der Waals surface area contributed by atoms with Crippen LogP contribution in [0.25, 0.3) is 64.2 Å².